The molecule has 0 bridgehead atoms. The summed E-state index contributed by atoms with van der Waals surface area (Å²) < 4.78 is 5.01. The molecular formula is C19H26N4O2. The third-order valence-corrected chi connectivity index (χ3v) is 4.52. The number of aromatic nitrogens is 2. The van der Waals surface area contributed by atoms with Gasteiger partial charge in [0.15, 0.2) is 0 Å². The Morgan fingerprint density at radius 1 is 1.08 bits per heavy atom. The van der Waals surface area contributed by atoms with Crippen molar-refractivity contribution in [1.82, 2.24) is 14.9 Å². The largest absolute Gasteiger partial charge is 0.472 e. The smallest absolute Gasteiger partial charge is 0.257 e. The first-order valence-corrected chi connectivity index (χ1v) is 8.91. The number of carbonyl (C=O) groups is 1. The van der Waals surface area contributed by atoms with Crippen molar-refractivity contribution in [1.29, 1.82) is 0 Å². The van der Waals surface area contributed by atoms with Crippen LogP contribution < -0.4 is 4.90 Å². The first kappa shape index (κ1) is 17.5. The van der Waals surface area contributed by atoms with Crippen molar-refractivity contribution in [3.05, 3.63) is 41.7 Å². The Balaban J connectivity index is 1.73. The third-order valence-electron chi connectivity index (χ3n) is 4.52. The zero-order valence-electron chi connectivity index (χ0n) is 15.4. The van der Waals surface area contributed by atoms with E-state index in [1.54, 1.807) is 6.07 Å². The van der Waals surface area contributed by atoms with Gasteiger partial charge in [-0.05, 0) is 12.0 Å². The van der Waals surface area contributed by atoms with Gasteiger partial charge in [0.1, 0.15) is 17.9 Å². The zero-order valence-corrected chi connectivity index (χ0v) is 15.4. The van der Waals surface area contributed by atoms with Crippen molar-refractivity contribution in [3.63, 3.8) is 0 Å². The van der Waals surface area contributed by atoms with E-state index in [4.69, 9.17) is 14.4 Å². The van der Waals surface area contributed by atoms with Crippen LogP contribution in [0.2, 0.25) is 0 Å². The lowest BCUT2D eigenvalue weighted by Crippen LogP contribution is -2.49. The highest BCUT2D eigenvalue weighted by Crippen LogP contribution is 2.23. The summed E-state index contributed by atoms with van der Waals surface area (Å²) in [6.07, 6.45) is 3.04. The van der Waals surface area contributed by atoms with Gasteiger partial charge in [-0.3, -0.25) is 4.79 Å². The van der Waals surface area contributed by atoms with Gasteiger partial charge in [0.25, 0.3) is 5.91 Å². The van der Waals surface area contributed by atoms with E-state index in [0.717, 1.165) is 30.4 Å². The Labute approximate surface area is 148 Å². The minimum Gasteiger partial charge on any atom is -0.472 e. The molecule has 0 atom stereocenters. The van der Waals surface area contributed by atoms with Crippen LogP contribution in [0.5, 0.6) is 0 Å². The van der Waals surface area contributed by atoms with Crippen LogP contribution in [0.4, 0.5) is 5.82 Å². The number of furan rings is 1. The van der Waals surface area contributed by atoms with Crippen molar-refractivity contribution in [2.24, 2.45) is 0 Å². The summed E-state index contributed by atoms with van der Waals surface area (Å²) in [6, 6.07) is 3.80. The van der Waals surface area contributed by atoms with Crippen molar-refractivity contribution >= 4 is 11.7 Å². The normalized spacial score (nSPS) is 15.3. The van der Waals surface area contributed by atoms with Crippen LogP contribution in [0.15, 0.2) is 29.1 Å². The molecule has 1 fully saturated rings. The summed E-state index contributed by atoms with van der Waals surface area (Å²) in [7, 11) is 0. The summed E-state index contributed by atoms with van der Waals surface area (Å²) in [5.41, 5.74) is 1.69. The Morgan fingerprint density at radius 2 is 1.80 bits per heavy atom. The molecule has 0 radical (unpaired) electrons. The number of piperazine rings is 1. The molecule has 6 heteroatoms. The molecule has 1 amide bonds. The molecule has 2 aromatic rings. The van der Waals surface area contributed by atoms with E-state index in [1.165, 1.54) is 12.5 Å². The van der Waals surface area contributed by atoms with Gasteiger partial charge in [-0.2, -0.15) is 0 Å². The highest BCUT2D eigenvalue weighted by molar-refractivity contribution is 5.94. The maximum Gasteiger partial charge on any atom is 0.257 e. The van der Waals surface area contributed by atoms with E-state index in [2.05, 4.69) is 38.7 Å². The lowest BCUT2D eigenvalue weighted by Gasteiger charge is -2.35. The SMILES string of the molecule is CC(C)c1cc(N2CCN(C(=O)c3ccoc3)CC2)nc(C(C)C)n1. The average molecular weight is 342 g/mol. The summed E-state index contributed by atoms with van der Waals surface area (Å²) >= 11 is 0. The standard InChI is InChI=1S/C19H26N4O2/c1-13(2)16-11-17(21-18(20-16)14(3)4)22-6-8-23(9-7-22)19(24)15-5-10-25-12-15/h5,10-14H,6-9H2,1-4H3. The van der Waals surface area contributed by atoms with E-state index >= 15 is 0 Å². The number of hydrogen-bond donors (Lipinski definition) is 0. The second-order valence-electron chi connectivity index (χ2n) is 7.11. The number of nitrogens with zero attached hydrogens (tertiary/aromatic N) is 4. The van der Waals surface area contributed by atoms with Crippen molar-refractivity contribution < 1.29 is 9.21 Å². The number of rotatable bonds is 4. The van der Waals surface area contributed by atoms with Crippen LogP contribution in [0.1, 0.15) is 61.4 Å². The number of hydrogen-bond acceptors (Lipinski definition) is 5. The molecule has 0 aromatic carbocycles. The Hall–Kier alpha value is -2.37. The third kappa shape index (κ3) is 3.83. The van der Waals surface area contributed by atoms with Gasteiger partial charge >= 0.3 is 0 Å². The second kappa shape index (κ2) is 7.25. The van der Waals surface area contributed by atoms with Crippen LogP contribution in [0, 0.1) is 0 Å². The molecule has 0 saturated carbocycles. The average Bonchev–Trinajstić information content (AvgIpc) is 3.15. The minimum atomic E-state index is 0.0295. The summed E-state index contributed by atoms with van der Waals surface area (Å²) in [5, 5.41) is 0. The summed E-state index contributed by atoms with van der Waals surface area (Å²) in [6.45, 7) is 11.4. The van der Waals surface area contributed by atoms with Gasteiger partial charge in [-0.15, -0.1) is 0 Å². The molecule has 1 aliphatic rings. The van der Waals surface area contributed by atoms with Crippen LogP contribution in [-0.2, 0) is 0 Å². The maximum absolute atomic E-state index is 12.4. The van der Waals surface area contributed by atoms with Crippen LogP contribution >= 0.6 is 0 Å². The topological polar surface area (TPSA) is 62.5 Å². The fourth-order valence-electron chi connectivity index (χ4n) is 2.89. The van der Waals surface area contributed by atoms with E-state index in [-0.39, 0.29) is 5.91 Å². The highest BCUT2D eigenvalue weighted by Gasteiger charge is 2.24. The van der Waals surface area contributed by atoms with Crippen LogP contribution in [0.25, 0.3) is 0 Å². The molecule has 1 saturated heterocycles. The van der Waals surface area contributed by atoms with Gasteiger partial charge in [-0.25, -0.2) is 9.97 Å². The molecule has 0 N–H and O–H groups in total. The lowest BCUT2D eigenvalue weighted by molar-refractivity contribution is 0.0745. The van der Waals surface area contributed by atoms with E-state index in [0.29, 0.717) is 30.5 Å². The van der Waals surface area contributed by atoms with Crippen LogP contribution in [-0.4, -0.2) is 47.0 Å². The molecule has 1 aliphatic heterocycles. The molecule has 6 nitrogen and oxygen atoms in total. The highest BCUT2D eigenvalue weighted by atomic mass is 16.3. The van der Waals surface area contributed by atoms with Crippen molar-refractivity contribution in [3.8, 4) is 0 Å². The van der Waals surface area contributed by atoms with Gasteiger partial charge < -0.3 is 14.2 Å². The molecule has 25 heavy (non-hydrogen) atoms. The van der Waals surface area contributed by atoms with E-state index < -0.39 is 0 Å². The predicted molar refractivity (Wildman–Crippen MR) is 97.0 cm³/mol. The summed E-state index contributed by atoms with van der Waals surface area (Å²) in [4.78, 5) is 26.0. The molecule has 0 aliphatic carbocycles. The molecule has 0 spiro atoms. The Bertz CT molecular complexity index is 691. The lowest BCUT2D eigenvalue weighted by atomic mass is 10.1. The molecule has 134 valence electrons. The van der Waals surface area contributed by atoms with Crippen LogP contribution in [0.3, 0.4) is 0 Å². The number of carbonyl (C=O) groups excluding carboxylic acids is 1. The Kier molecular flexibility index (Phi) is 5.06. The monoisotopic (exact) mass is 342 g/mol. The van der Waals surface area contributed by atoms with Gasteiger partial charge in [0, 0.05) is 43.9 Å². The minimum absolute atomic E-state index is 0.0295. The molecule has 2 aromatic heterocycles. The second-order valence-corrected chi connectivity index (χ2v) is 7.11. The quantitative estimate of drug-likeness (QED) is 0.853. The zero-order chi connectivity index (χ0) is 18.0. The van der Waals surface area contributed by atoms with Crippen molar-refractivity contribution in [2.45, 2.75) is 39.5 Å². The van der Waals surface area contributed by atoms with Crippen molar-refractivity contribution in [2.75, 3.05) is 31.1 Å². The fraction of sp³-hybridized carbons (Fsp3) is 0.526. The molecule has 3 heterocycles. The molecular weight excluding hydrogens is 316 g/mol. The Morgan fingerprint density at radius 3 is 2.36 bits per heavy atom. The first-order valence-electron chi connectivity index (χ1n) is 8.91. The van der Waals surface area contributed by atoms with Gasteiger partial charge in [0.05, 0.1) is 11.8 Å². The first-order chi connectivity index (χ1) is 12.0. The van der Waals surface area contributed by atoms with E-state index in [9.17, 15) is 4.79 Å². The van der Waals surface area contributed by atoms with Gasteiger partial charge in [-0.1, -0.05) is 27.7 Å². The molecule has 3 rings (SSSR count). The maximum atomic E-state index is 12.4. The molecule has 0 unspecified atom stereocenters. The van der Waals surface area contributed by atoms with Gasteiger partial charge in [0.2, 0.25) is 0 Å². The van der Waals surface area contributed by atoms with E-state index in [1.807, 2.05) is 4.90 Å². The number of anilines is 1. The predicted octanol–water partition coefficient (Wildman–Crippen LogP) is 3.28. The summed E-state index contributed by atoms with van der Waals surface area (Å²) in [5.74, 6) is 2.54. The number of amides is 1. The fourth-order valence-corrected chi connectivity index (χ4v) is 2.89.